The summed E-state index contributed by atoms with van der Waals surface area (Å²) in [5.74, 6) is -0.427. The molecule has 2 N–H and O–H groups in total. The summed E-state index contributed by atoms with van der Waals surface area (Å²) in [6.45, 7) is 3.58. The summed E-state index contributed by atoms with van der Waals surface area (Å²) in [4.78, 5) is 27.7. The monoisotopic (exact) mass is 560 g/mol. The van der Waals surface area contributed by atoms with Crippen molar-refractivity contribution in [1.29, 1.82) is 0 Å². The molecule has 2 aliphatic rings. The zero-order chi connectivity index (χ0) is 27.1. The van der Waals surface area contributed by atoms with Crippen LogP contribution in [0.25, 0.3) is 0 Å². The standard InChI is InChI=1S/C28H37ClN4O4S/c1-2-30-28(35)32-18-8-9-22(20-32)27(34)31-25-12-6-7-13-26(25)33(19-21-14-16-23(29)17-15-21)38(36,37)24-10-4-3-5-11-24/h3-5,10-11,14-17,22,25-26H,2,6-9,12-13,18-20H2,1H3,(H,30,35)(H,31,34)/t22?,25?,26-/m1/s1. The molecule has 2 unspecified atom stereocenters. The van der Waals surface area contributed by atoms with Crippen molar-refractivity contribution >= 4 is 33.6 Å². The van der Waals surface area contributed by atoms with Crippen molar-refractivity contribution in [3.63, 3.8) is 0 Å². The van der Waals surface area contributed by atoms with Gasteiger partial charge in [0.15, 0.2) is 0 Å². The summed E-state index contributed by atoms with van der Waals surface area (Å²) in [5, 5.41) is 6.60. The van der Waals surface area contributed by atoms with Gasteiger partial charge in [-0.1, -0.05) is 54.8 Å². The van der Waals surface area contributed by atoms with E-state index in [1.807, 2.05) is 19.1 Å². The SMILES string of the molecule is CCNC(=O)N1CCCC(C(=O)NC2CCCC[C@H]2N(Cc2ccc(Cl)cc2)S(=O)(=O)c2ccccc2)C1. The molecule has 3 atom stereocenters. The van der Waals surface area contributed by atoms with Gasteiger partial charge in [-0.15, -0.1) is 0 Å². The first kappa shape index (κ1) is 28.4. The third-order valence-corrected chi connectivity index (χ3v) is 9.57. The Hall–Kier alpha value is -2.62. The number of hydrogen-bond acceptors (Lipinski definition) is 4. The van der Waals surface area contributed by atoms with Gasteiger partial charge in [0, 0.05) is 43.3 Å². The van der Waals surface area contributed by atoms with E-state index in [1.54, 1.807) is 51.7 Å². The van der Waals surface area contributed by atoms with Crippen LogP contribution in [-0.4, -0.2) is 61.3 Å². The van der Waals surface area contributed by atoms with Crippen LogP contribution in [0.1, 0.15) is 51.0 Å². The van der Waals surface area contributed by atoms with Crippen molar-refractivity contribution in [3.05, 3.63) is 65.2 Å². The van der Waals surface area contributed by atoms with Crippen LogP contribution in [0.15, 0.2) is 59.5 Å². The van der Waals surface area contributed by atoms with Gasteiger partial charge in [-0.3, -0.25) is 4.79 Å². The summed E-state index contributed by atoms with van der Waals surface area (Å²) in [5.41, 5.74) is 0.828. The summed E-state index contributed by atoms with van der Waals surface area (Å²) in [7, 11) is -3.84. The molecule has 38 heavy (non-hydrogen) atoms. The molecule has 2 aromatic carbocycles. The molecule has 1 saturated heterocycles. The summed E-state index contributed by atoms with van der Waals surface area (Å²) in [6, 6.07) is 14.8. The minimum atomic E-state index is -3.84. The van der Waals surface area contributed by atoms with E-state index < -0.39 is 16.1 Å². The molecule has 10 heteroatoms. The lowest BCUT2D eigenvalue weighted by Gasteiger charge is -2.40. The van der Waals surface area contributed by atoms with Crippen molar-refractivity contribution in [2.24, 2.45) is 5.92 Å². The van der Waals surface area contributed by atoms with Crippen LogP contribution < -0.4 is 10.6 Å². The third kappa shape index (κ3) is 6.87. The van der Waals surface area contributed by atoms with Crippen molar-refractivity contribution in [2.45, 2.75) is 69.0 Å². The number of likely N-dealkylation sites (tertiary alicyclic amines) is 1. The average molecular weight is 561 g/mol. The van der Waals surface area contributed by atoms with Crippen LogP contribution in [0.2, 0.25) is 5.02 Å². The molecule has 0 bridgehead atoms. The maximum atomic E-state index is 14.0. The van der Waals surface area contributed by atoms with E-state index in [0.717, 1.165) is 24.8 Å². The molecule has 0 aromatic heterocycles. The Kier molecular flexibility index (Phi) is 9.68. The first-order chi connectivity index (χ1) is 18.3. The second-order valence-corrected chi connectivity index (χ2v) is 12.4. The van der Waals surface area contributed by atoms with Gasteiger partial charge in [-0.05, 0) is 62.4 Å². The number of nitrogens with zero attached hydrogens (tertiary/aromatic N) is 2. The quantitative estimate of drug-likeness (QED) is 0.500. The van der Waals surface area contributed by atoms with Gasteiger partial charge < -0.3 is 15.5 Å². The molecule has 1 aliphatic heterocycles. The highest BCUT2D eigenvalue weighted by molar-refractivity contribution is 7.89. The summed E-state index contributed by atoms with van der Waals surface area (Å²) >= 11 is 6.08. The smallest absolute Gasteiger partial charge is 0.317 e. The van der Waals surface area contributed by atoms with E-state index in [2.05, 4.69) is 10.6 Å². The molecule has 4 rings (SSSR count). The first-order valence-corrected chi connectivity index (χ1v) is 15.3. The fourth-order valence-electron chi connectivity index (χ4n) is 5.44. The lowest BCUT2D eigenvalue weighted by molar-refractivity contribution is -0.127. The topological polar surface area (TPSA) is 98.8 Å². The Morgan fingerprint density at radius 2 is 1.71 bits per heavy atom. The van der Waals surface area contributed by atoms with Crippen LogP contribution in [0.4, 0.5) is 4.79 Å². The molecule has 0 radical (unpaired) electrons. The van der Waals surface area contributed by atoms with Gasteiger partial charge >= 0.3 is 6.03 Å². The number of benzene rings is 2. The molecule has 206 valence electrons. The highest BCUT2D eigenvalue weighted by Gasteiger charge is 2.39. The zero-order valence-electron chi connectivity index (χ0n) is 21.8. The Balaban J connectivity index is 1.57. The number of halogens is 1. The Morgan fingerprint density at radius 1 is 1.00 bits per heavy atom. The Morgan fingerprint density at radius 3 is 2.42 bits per heavy atom. The summed E-state index contributed by atoms with van der Waals surface area (Å²) in [6.07, 6.45) is 4.61. The molecular weight excluding hydrogens is 524 g/mol. The van der Waals surface area contributed by atoms with Crippen LogP contribution in [0.5, 0.6) is 0 Å². The predicted octanol–water partition coefficient (Wildman–Crippen LogP) is 4.40. The Labute approximate surface area is 230 Å². The van der Waals surface area contributed by atoms with E-state index in [0.29, 0.717) is 43.9 Å². The fraction of sp³-hybridized carbons (Fsp3) is 0.500. The maximum absolute atomic E-state index is 14.0. The number of urea groups is 1. The average Bonchev–Trinajstić information content (AvgIpc) is 2.94. The molecule has 8 nitrogen and oxygen atoms in total. The molecule has 2 aromatic rings. The minimum Gasteiger partial charge on any atom is -0.351 e. The van der Waals surface area contributed by atoms with Crippen molar-refractivity contribution < 1.29 is 18.0 Å². The van der Waals surface area contributed by atoms with Gasteiger partial charge in [-0.2, -0.15) is 4.31 Å². The lowest BCUT2D eigenvalue weighted by atomic mass is 9.89. The highest BCUT2D eigenvalue weighted by atomic mass is 35.5. The van der Waals surface area contributed by atoms with Crippen LogP contribution in [0.3, 0.4) is 0 Å². The molecule has 1 heterocycles. The summed E-state index contributed by atoms with van der Waals surface area (Å²) < 4.78 is 29.5. The predicted molar refractivity (Wildman–Crippen MR) is 148 cm³/mol. The minimum absolute atomic E-state index is 0.112. The number of nitrogens with one attached hydrogen (secondary N) is 2. The van der Waals surface area contributed by atoms with E-state index in [9.17, 15) is 18.0 Å². The van der Waals surface area contributed by atoms with Gasteiger partial charge in [-0.25, -0.2) is 13.2 Å². The number of hydrogen-bond donors (Lipinski definition) is 2. The lowest BCUT2D eigenvalue weighted by Crippen LogP contribution is -2.57. The molecule has 0 spiro atoms. The van der Waals surface area contributed by atoms with Gasteiger partial charge in [0.1, 0.15) is 0 Å². The number of amides is 3. The van der Waals surface area contributed by atoms with Crippen LogP contribution in [0, 0.1) is 5.92 Å². The maximum Gasteiger partial charge on any atom is 0.317 e. The molecule has 1 saturated carbocycles. The van der Waals surface area contributed by atoms with E-state index in [4.69, 9.17) is 11.6 Å². The van der Waals surface area contributed by atoms with Crippen molar-refractivity contribution in [2.75, 3.05) is 19.6 Å². The molecular formula is C28H37ClN4O4S. The van der Waals surface area contributed by atoms with Gasteiger partial charge in [0.2, 0.25) is 15.9 Å². The van der Waals surface area contributed by atoms with E-state index in [-0.39, 0.29) is 35.3 Å². The fourth-order valence-corrected chi connectivity index (χ4v) is 7.27. The highest BCUT2D eigenvalue weighted by Crippen LogP contribution is 2.31. The zero-order valence-corrected chi connectivity index (χ0v) is 23.4. The number of sulfonamides is 1. The normalized spacial score (nSPS) is 22.2. The third-order valence-electron chi connectivity index (χ3n) is 7.44. The largest absolute Gasteiger partial charge is 0.351 e. The second-order valence-electron chi connectivity index (χ2n) is 10.1. The number of piperidine rings is 1. The van der Waals surface area contributed by atoms with E-state index in [1.165, 1.54) is 0 Å². The first-order valence-electron chi connectivity index (χ1n) is 13.4. The van der Waals surface area contributed by atoms with Gasteiger partial charge in [0.25, 0.3) is 0 Å². The second kappa shape index (κ2) is 13.0. The molecule has 2 fully saturated rings. The Bertz CT molecular complexity index is 1190. The number of carbonyl (C=O) groups excluding carboxylic acids is 2. The molecule has 3 amide bonds. The van der Waals surface area contributed by atoms with Crippen LogP contribution in [-0.2, 0) is 21.4 Å². The number of carbonyl (C=O) groups is 2. The number of rotatable bonds is 8. The van der Waals surface area contributed by atoms with E-state index >= 15 is 0 Å². The van der Waals surface area contributed by atoms with Crippen molar-refractivity contribution in [3.8, 4) is 0 Å². The van der Waals surface area contributed by atoms with Crippen LogP contribution >= 0.6 is 11.6 Å². The van der Waals surface area contributed by atoms with Crippen molar-refractivity contribution in [1.82, 2.24) is 19.8 Å². The molecule has 1 aliphatic carbocycles. The van der Waals surface area contributed by atoms with Gasteiger partial charge in [0.05, 0.1) is 10.8 Å².